The predicted molar refractivity (Wildman–Crippen MR) is 63.1 cm³/mol. The van der Waals surface area contributed by atoms with E-state index in [9.17, 15) is 4.79 Å². The molecule has 6 nitrogen and oxygen atoms in total. The molecular weight excluding hydrogens is 218 g/mol. The van der Waals surface area contributed by atoms with Crippen molar-refractivity contribution in [1.82, 2.24) is 15.3 Å². The van der Waals surface area contributed by atoms with Crippen molar-refractivity contribution in [2.45, 2.75) is 32.9 Å². The molecule has 1 unspecified atom stereocenters. The first-order valence-electron chi connectivity index (χ1n) is 5.33. The summed E-state index contributed by atoms with van der Waals surface area (Å²) in [6.07, 6.45) is 1.47. The molecule has 0 bridgehead atoms. The Morgan fingerprint density at radius 2 is 2.18 bits per heavy atom. The number of nitrogens with one attached hydrogen (secondary N) is 2. The van der Waals surface area contributed by atoms with E-state index in [2.05, 4.69) is 20.6 Å². The Bertz CT molecular complexity index is 438. The van der Waals surface area contributed by atoms with E-state index in [1.54, 1.807) is 6.92 Å². The smallest absolute Gasteiger partial charge is 0.242 e. The van der Waals surface area contributed by atoms with Gasteiger partial charge in [0.15, 0.2) is 0 Å². The zero-order valence-corrected chi connectivity index (χ0v) is 10.1. The average Bonchev–Trinajstić information content (AvgIpc) is 2.28. The molecule has 1 atom stereocenters. The molecule has 0 aliphatic heterocycles. The molecule has 0 radical (unpaired) electrons. The highest BCUT2D eigenvalue weighted by atomic mass is 16.2. The Kier molecular flexibility index (Phi) is 4.40. The second-order valence-corrected chi connectivity index (χ2v) is 3.91. The van der Waals surface area contributed by atoms with Crippen LogP contribution >= 0.6 is 0 Å². The van der Waals surface area contributed by atoms with Crippen molar-refractivity contribution in [2.24, 2.45) is 0 Å². The SMILES string of the molecule is CC(C)NC(=O)C(C)Nc1nccc(C#N)n1. The third-order valence-electron chi connectivity index (χ3n) is 1.94. The monoisotopic (exact) mass is 233 g/mol. The Balaban J connectivity index is 2.64. The lowest BCUT2D eigenvalue weighted by Crippen LogP contribution is -2.41. The molecule has 1 rings (SSSR count). The number of hydrogen-bond acceptors (Lipinski definition) is 5. The molecule has 0 saturated heterocycles. The van der Waals surface area contributed by atoms with E-state index in [-0.39, 0.29) is 23.6 Å². The van der Waals surface area contributed by atoms with Crippen molar-refractivity contribution in [3.63, 3.8) is 0 Å². The summed E-state index contributed by atoms with van der Waals surface area (Å²) in [6, 6.07) is 3.04. The maximum Gasteiger partial charge on any atom is 0.242 e. The van der Waals surface area contributed by atoms with E-state index < -0.39 is 6.04 Å². The van der Waals surface area contributed by atoms with Crippen LogP contribution in [0.4, 0.5) is 5.95 Å². The fourth-order valence-electron chi connectivity index (χ4n) is 1.16. The summed E-state index contributed by atoms with van der Waals surface area (Å²) in [7, 11) is 0. The minimum atomic E-state index is -0.452. The number of rotatable bonds is 4. The zero-order valence-electron chi connectivity index (χ0n) is 10.1. The first-order chi connectivity index (χ1) is 8.02. The van der Waals surface area contributed by atoms with Gasteiger partial charge in [0.25, 0.3) is 0 Å². The van der Waals surface area contributed by atoms with E-state index in [1.165, 1.54) is 12.3 Å². The molecule has 0 saturated carbocycles. The van der Waals surface area contributed by atoms with Gasteiger partial charge in [-0.2, -0.15) is 5.26 Å². The molecule has 0 aliphatic carbocycles. The second kappa shape index (κ2) is 5.80. The summed E-state index contributed by atoms with van der Waals surface area (Å²) < 4.78 is 0. The molecule has 1 aromatic rings. The molecule has 2 N–H and O–H groups in total. The fourth-order valence-corrected chi connectivity index (χ4v) is 1.16. The van der Waals surface area contributed by atoms with E-state index in [1.807, 2.05) is 19.9 Å². The van der Waals surface area contributed by atoms with E-state index in [4.69, 9.17) is 5.26 Å². The van der Waals surface area contributed by atoms with Crippen LogP contribution in [-0.4, -0.2) is 28.0 Å². The molecule has 1 aromatic heterocycles. The van der Waals surface area contributed by atoms with Crippen molar-refractivity contribution < 1.29 is 4.79 Å². The van der Waals surface area contributed by atoms with Crippen molar-refractivity contribution >= 4 is 11.9 Å². The van der Waals surface area contributed by atoms with E-state index in [0.717, 1.165) is 0 Å². The molecule has 1 amide bonds. The summed E-state index contributed by atoms with van der Waals surface area (Å²) in [5.74, 6) is 0.140. The number of nitrogens with zero attached hydrogens (tertiary/aromatic N) is 3. The molecule has 17 heavy (non-hydrogen) atoms. The van der Waals surface area contributed by atoms with Gasteiger partial charge in [0.05, 0.1) is 0 Å². The number of hydrogen-bond donors (Lipinski definition) is 2. The standard InChI is InChI=1S/C11H15N5O/c1-7(2)14-10(17)8(3)15-11-13-5-4-9(6-12)16-11/h4-5,7-8H,1-3H3,(H,14,17)(H,13,15,16). The maximum atomic E-state index is 11.6. The highest BCUT2D eigenvalue weighted by Gasteiger charge is 2.14. The number of aromatic nitrogens is 2. The van der Waals surface area contributed by atoms with Crippen LogP contribution in [0.1, 0.15) is 26.5 Å². The van der Waals surface area contributed by atoms with Gasteiger partial charge in [0, 0.05) is 12.2 Å². The van der Waals surface area contributed by atoms with E-state index >= 15 is 0 Å². The minimum absolute atomic E-state index is 0.0816. The van der Waals surface area contributed by atoms with Crippen molar-refractivity contribution in [2.75, 3.05) is 5.32 Å². The zero-order chi connectivity index (χ0) is 12.8. The van der Waals surface area contributed by atoms with Crippen LogP contribution in [0.25, 0.3) is 0 Å². The first kappa shape index (κ1) is 12.9. The summed E-state index contributed by atoms with van der Waals surface area (Å²) in [5, 5.41) is 14.3. The minimum Gasteiger partial charge on any atom is -0.352 e. The molecule has 0 spiro atoms. The summed E-state index contributed by atoms with van der Waals surface area (Å²) in [6.45, 7) is 5.48. The first-order valence-corrected chi connectivity index (χ1v) is 5.33. The molecular formula is C11H15N5O. The third kappa shape index (κ3) is 4.07. The molecule has 0 aromatic carbocycles. The van der Waals surface area contributed by atoms with Gasteiger partial charge in [-0.15, -0.1) is 0 Å². The Hall–Kier alpha value is -2.16. The van der Waals surface area contributed by atoms with E-state index in [0.29, 0.717) is 0 Å². The van der Waals surface area contributed by atoms with Crippen molar-refractivity contribution in [3.8, 4) is 6.07 Å². The second-order valence-electron chi connectivity index (χ2n) is 3.91. The number of carbonyl (C=O) groups excluding carboxylic acids is 1. The van der Waals surface area contributed by atoms with Crippen LogP contribution in [0.5, 0.6) is 0 Å². The predicted octanol–water partition coefficient (Wildman–Crippen LogP) is 0.673. The Morgan fingerprint density at radius 3 is 2.76 bits per heavy atom. The van der Waals surface area contributed by atoms with Gasteiger partial charge >= 0.3 is 0 Å². The molecule has 6 heteroatoms. The lowest BCUT2D eigenvalue weighted by molar-refractivity contribution is -0.122. The van der Waals surface area contributed by atoms with Crippen LogP contribution in [0.2, 0.25) is 0 Å². The highest BCUT2D eigenvalue weighted by Crippen LogP contribution is 2.01. The Labute approximate surface area is 100 Å². The number of nitriles is 1. The molecule has 0 aliphatic rings. The molecule has 90 valence electrons. The Morgan fingerprint density at radius 1 is 1.47 bits per heavy atom. The fraction of sp³-hybridized carbons (Fsp3) is 0.455. The number of carbonyl (C=O) groups is 1. The molecule has 1 heterocycles. The quantitative estimate of drug-likeness (QED) is 0.797. The van der Waals surface area contributed by atoms with Crippen LogP contribution in [0.3, 0.4) is 0 Å². The van der Waals surface area contributed by atoms with Gasteiger partial charge in [0.2, 0.25) is 11.9 Å². The highest BCUT2D eigenvalue weighted by molar-refractivity contribution is 5.83. The molecule has 0 fully saturated rings. The van der Waals surface area contributed by atoms with Gasteiger partial charge in [0.1, 0.15) is 17.8 Å². The van der Waals surface area contributed by atoms with Crippen LogP contribution in [0, 0.1) is 11.3 Å². The summed E-state index contributed by atoms with van der Waals surface area (Å²) in [5.41, 5.74) is 0.263. The van der Waals surface area contributed by atoms with Gasteiger partial charge < -0.3 is 10.6 Å². The average molecular weight is 233 g/mol. The van der Waals surface area contributed by atoms with Crippen LogP contribution in [-0.2, 0) is 4.79 Å². The largest absolute Gasteiger partial charge is 0.352 e. The van der Waals surface area contributed by atoms with Crippen LogP contribution in [0.15, 0.2) is 12.3 Å². The number of amides is 1. The summed E-state index contributed by atoms with van der Waals surface area (Å²) >= 11 is 0. The van der Waals surface area contributed by atoms with Gasteiger partial charge in [-0.25, -0.2) is 9.97 Å². The number of anilines is 1. The van der Waals surface area contributed by atoms with Crippen molar-refractivity contribution in [1.29, 1.82) is 5.26 Å². The lowest BCUT2D eigenvalue weighted by atomic mass is 10.3. The van der Waals surface area contributed by atoms with Crippen molar-refractivity contribution in [3.05, 3.63) is 18.0 Å². The normalized spacial score (nSPS) is 11.7. The lowest BCUT2D eigenvalue weighted by Gasteiger charge is -2.15. The third-order valence-corrected chi connectivity index (χ3v) is 1.94. The topological polar surface area (TPSA) is 90.7 Å². The maximum absolute atomic E-state index is 11.6. The van der Waals surface area contributed by atoms with Gasteiger partial charge in [-0.05, 0) is 26.8 Å². The van der Waals surface area contributed by atoms with Crippen LogP contribution < -0.4 is 10.6 Å². The van der Waals surface area contributed by atoms with Gasteiger partial charge in [-0.3, -0.25) is 4.79 Å². The van der Waals surface area contributed by atoms with Gasteiger partial charge in [-0.1, -0.05) is 0 Å². The summed E-state index contributed by atoms with van der Waals surface area (Å²) in [4.78, 5) is 19.5.